The zero-order valence-electron chi connectivity index (χ0n) is 7.36. The first kappa shape index (κ1) is 10.1. The number of nitrogens with zero attached hydrogens (tertiary/aromatic N) is 1. The SMILES string of the molecule is CCCc1ccc([N+](=O)[O-])c(S)c1. The molecule has 0 spiro atoms. The predicted octanol–water partition coefficient (Wildman–Crippen LogP) is 2.84. The molecule has 1 aromatic rings. The number of hydrogen-bond donors (Lipinski definition) is 1. The van der Waals surface area contributed by atoms with Crippen molar-refractivity contribution in [2.45, 2.75) is 24.7 Å². The van der Waals surface area contributed by atoms with Gasteiger partial charge in [-0.1, -0.05) is 19.4 Å². The molecule has 0 aromatic heterocycles. The summed E-state index contributed by atoms with van der Waals surface area (Å²) in [5, 5.41) is 10.4. The fraction of sp³-hybridized carbons (Fsp3) is 0.333. The summed E-state index contributed by atoms with van der Waals surface area (Å²) in [6.07, 6.45) is 1.97. The van der Waals surface area contributed by atoms with Crippen molar-refractivity contribution < 1.29 is 4.92 Å². The largest absolute Gasteiger partial charge is 0.282 e. The normalized spacial score (nSPS) is 10.0. The minimum atomic E-state index is -0.419. The predicted molar refractivity (Wildman–Crippen MR) is 54.3 cm³/mol. The van der Waals surface area contributed by atoms with Crippen LogP contribution in [0.2, 0.25) is 0 Å². The van der Waals surface area contributed by atoms with E-state index in [0.717, 1.165) is 18.4 Å². The molecule has 70 valence electrons. The standard InChI is InChI=1S/C9H11NO2S/c1-2-3-7-4-5-8(10(11)12)9(13)6-7/h4-6,13H,2-3H2,1H3. The van der Waals surface area contributed by atoms with E-state index in [4.69, 9.17) is 0 Å². The van der Waals surface area contributed by atoms with Crippen LogP contribution in [-0.2, 0) is 6.42 Å². The van der Waals surface area contributed by atoms with Gasteiger partial charge in [-0.2, -0.15) is 0 Å². The number of benzene rings is 1. The van der Waals surface area contributed by atoms with Gasteiger partial charge in [0.05, 0.1) is 9.82 Å². The highest BCUT2D eigenvalue weighted by atomic mass is 32.1. The summed E-state index contributed by atoms with van der Waals surface area (Å²) in [6, 6.07) is 5.04. The topological polar surface area (TPSA) is 43.1 Å². The first-order valence-electron chi connectivity index (χ1n) is 4.11. The average molecular weight is 197 g/mol. The fourth-order valence-electron chi connectivity index (χ4n) is 1.17. The Kier molecular flexibility index (Phi) is 3.31. The van der Waals surface area contributed by atoms with Crippen molar-refractivity contribution in [2.75, 3.05) is 0 Å². The van der Waals surface area contributed by atoms with Gasteiger partial charge in [-0.05, 0) is 18.1 Å². The molecule has 0 atom stereocenters. The Hall–Kier alpha value is -1.03. The van der Waals surface area contributed by atoms with Gasteiger partial charge in [0.2, 0.25) is 0 Å². The molecular formula is C9H11NO2S. The van der Waals surface area contributed by atoms with E-state index in [1.807, 2.05) is 0 Å². The van der Waals surface area contributed by atoms with E-state index < -0.39 is 4.92 Å². The molecule has 0 amide bonds. The summed E-state index contributed by atoms with van der Waals surface area (Å²) in [6.45, 7) is 2.07. The molecule has 0 fully saturated rings. The highest BCUT2D eigenvalue weighted by Crippen LogP contribution is 2.23. The van der Waals surface area contributed by atoms with Crippen LogP contribution >= 0.6 is 12.6 Å². The lowest BCUT2D eigenvalue weighted by atomic mass is 10.1. The van der Waals surface area contributed by atoms with E-state index in [1.54, 1.807) is 12.1 Å². The van der Waals surface area contributed by atoms with Crippen molar-refractivity contribution in [2.24, 2.45) is 0 Å². The maximum Gasteiger partial charge on any atom is 0.282 e. The van der Waals surface area contributed by atoms with Crippen LogP contribution in [0.5, 0.6) is 0 Å². The van der Waals surface area contributed by atoms with Crippen molar-refractivity contribution in [1.82, 2.24) is 0 Å². The number of aryl methyl sites for hydroxylation is 1. The van der Waals surface area contributed by atoms with Gasteiger partial charge in [-0.25, -0.2) is 0 Å². The fourth-order valence-corrected chi connectivity index (χ4v) is 1.49. The Morgan fingerprint density at radius 2 is 2.23 bits per heavy atom. The zero-order chi connectivity index (χ0) is 9.84. The molecule has 0 unspecified atom stereocenters. The second-order valence-electron chi connectivity index (χ2n) is 2.83. The Bertz CT molecular complexity index is 325. The summed E-state index contributed by atoms with van der Waals surface area (Å²) in [7, 11) is 0. The quantitative estimate of drug-likeness (QED) is 0.460. The van der Waals surface area contributed by atoms with Gasteiger partial charge in [0.15, 0.2) is 0 Å². The molecule has 1 rings (SSSR count). The van der Waals surface area contributed by atoms with Gasteiger partial charge in [-0.15, -0.1) is 12.6 Å². The van der Waals surface area contributed by atoms with Crippen molar-refractivity contribution in [1.29, 1.82) is 0 Å². The maximum atomic E-state index is 10.4. The molecule has 0 saturated heterocycles. The Balaban J connectivity index is 2.98. The van der Waals surface area contributed by atoms with Crippen LogP contribution in [0.25, 0.3) is 0 Å². The first-order valence-corrected chi connectivity index (χ1v) is 4.56. The van der Waals surface area contributed by atoms with Crippen LogP contribution < -0.4 is 0 Å². The third-order valence-corrected chi connectivity index (χ3v) is 2.13. The lowest BCUT2D eigenvalue weighted by Gasteiger charge is -2.00. The molecular weight excluding hydrogens is 186 g/mol. The van der Waals surface area contributed by atoms with Crippen LogP contribution in [0.1, 0.15) is 18.9 Å². The van der Waals surface area contributed by atoms with E-state index in [1.165, 1.54) is 6.07 Å². The Morgan fingerprint density at radius 1 is 1.54 bits per heavy atom. The summed E-state index contributed by atoms with van der Waals surface area (Å²) in [5.74, 6) is 0. The highest BCUT2D eigenvalue weighted by molar-refractivity contribution is 7.80. The van der Waals surface area contributed by atoms with Gasteiger partial charge in [-0.3, -0.25) is 10.1 Å². The molecule has 1 aromatic carbocycles. The van der Waals surface area contributed by atoms with Gasteiger partial charge < -0.3 is 0 Å². The minimum absolute atomic E-state index is 0.0724. The number of nitro benzene ring substituents is 1. The van der Waals surface area contributed by atoms with Crippen LogP contribution in [0.4, 0.5) is 5.69 Å². The molecule has 0 aliphatic heterocycles. The maximum absolute atomic E-state index is 10.4. The lowest BCUT2D eigenvalue weighted by Crippen LogP contribution is -1.91. The van der Waals surface area contributed by atoms with Crippen LogP contribution in [0.3, 0.4) is 0 Å². The van der Waals surface area contributed by atoms with Crippen molar-refractivity contribution in [3.8, 4) is 0 Å². The number of thiol groups is 1. The van der Waals surface area contributed by atoms with Crippen molar-refractivity contribution >= 4 is 18.3 Å². The molecule has 0 aliphatic rings. The summed E-state index contributed by atoms with van der Waals surface area (Å²) in [5.41, 5.74) is 1.17. The van der Waals surface area contributed by atoms with E-state index in [0.29, 0.717) is 4.90 Å². The van der Waals surface area contributed by atoms with Gasteiger partial charge in [0.25, 0.3) is 5.69 Å². The zero-order valence-corrected chi connectivity index (χ0v) is 8.25. The average Bonchev–Trinajstić information content (AvgIpc) is 2.04. The van der Waals surface area contributed by atoms with Crippen LogP contribution in [0.15, 0.2) is 23.1 Å². The van der Waals surface area contributed by atoms with E-state index >= 15 is 0 Å². The highest BCUT2D eigenvalue weighted by Gasteiger charge is 2.10. The van der Waals surface area contributed by atoms with Gasteiger partial charge >= 0.3 is 0 Å². The van der Waals surface area contributed by atoms with Crippen molar-refractivity contribution in [3.05, 3.63) is 33.9 Å². The van der Waals surface area contributed by atoms with E-state index in [9.17, 15) is 10.1 Å². The summed E-state index contributed by atoms with van der Waals surface area (Å²) >= 11 is 4.06. The third kappa shape index (κ3) is 2.45. The molecule has 13 heavy (non-hydrogen) atoms. The molecule has 0 heterocycles. The number of nitro groups is 1. The molecule has 0 bridgehead atoms. The Labute approximate surface area is 82.3 Å². The summed E-state index contributed by atoms with van der Waals surface area (Å²) < 4.78 is 0. The summed E-state index contributed by atoms with van der Waals surface area (Å²) in [4.78, 5) is 10.5. The van der Waals surface area contributed by atoms with Crippen molar-refractivity contribution in [3.63, 3.8) is 0 Å². The van der Waals surface area contributed by atoms with Crippen LogP contribution in [0, 0.1) is 10.1 Å². The minimum Gasteiger partial charge on any atom is -0.258 e. The smallest absolute Gasteiger partial charge is 0.258 e. The molecule has 0 N–H and O–H groups in total. The van der Waals surface area contributed by atoms with Gasteiger partial charge in [0, 0.05) is 6.07 Å². The molecule has 0 saturated carbocycles. The second kappa shape index (κ2) is 4.28. The molecule has 4 heteroatoms. The third-order valence-electron chi connectivity index (χ3n) is 1.78. The second-order valence-corrected chi connectivity index (χ2v) is 3.31. The van der Waals surface area contributed by atoms with Gasteiger partial charge in [0.1, 0.15) is 0 Å². The molecule has 3 nitrogen and oxygen atoms in total. The molecule has 0 aliphatic carbocycles. The van der Waals surface area contributed by atoms with E-state index in [-0.39, 0.29) is 5.69 Å². The number of hydrogen-bond acceptors (Lipinski definition) is 3. The van der Waals surface area contributed by atoms with Crippen LogP contribution in [-0.4, -0.2) is 4.92 Å². The molecule has 0 radical (unpaired) electrons. The Morgan fingerprint density at radius 3 is 2.69 bits per heavy atom. The first-order chi connectivity index (χ1) is 6.15. The lowest BCUT2D eigenvalue weighted by molar-refractivity contribution is -0.387. The van der Waals surface area contributed by atoms with E-state index in [2.05, 4.69) is 19.6 Å². The number of rotatable bonds is 3. The monoisotopic (exact) mass is 197 g/mol.